The molecule has 118 valence electrons. The van der Waals surface area contributed by atoms with E-state index in [0.29, 0.717) is 0 Å². The summed E-state index contributed by atoms with van der Waals surface area (Å²) in [7, 11) is 1.47. The minimum absolute atomic E-state index is 0.0477. The summed E-state index contributed by atoms with van der Waals surface area (Å²) in [6.45, 7) is 5.07. The van der Waals surface area contributed by atoms with Gasteiger partial charge in [-0.05, 0) is 32.4 Å². The van der Waals surface area contributed by atoms with Crippen molar-refractivity contribution in [3.63, 3.8) is 0 Å². The van der Waals surface area contributed by atoms with E-state index in [9.17, 15) is 18.0 Å². The molecule has 1 amide bonds. The second kappa shape index (κ2) is 6.47. The highest BCUT2D eigenvalue weighted by molar-refractivity contribution is 5.82. The Bertz CT molecular complexity index is 498. The van der Waals surface area contributed by atoms with E-state index >= 15 is 0 Å². The first-order valence-electron chi connectivity index (χ1n) is 6.55. The molecule has 21 heavy (non-hydrogen) atoms. The van der Waals surface area contributed by atoms with Crippen LogP contribution >= 0.6 is 0 Å². The van der Waals surface area contributed by atoms with E-state index in [0.717, 1.165) is 6.07 Å². The predicted molar refractivity (Wildman–Crippen MR) is 73.7 cm³/mol. The molecular weight excluding hydrogens is 283 g/mol. The molecule has 0 aliphatic rings. The minimum atomic E-state index is -4.45. The molecule has 3 nitrogen and oxygen atoms in total. The Labute approximate surface area is 122 Å². The van der Waals surface area contributed by atoms with E-state index in [2.05, 4.69) is 5.32 Å². The third-order valence-corrected chi connectivity index (χ3v) is 3.20. The van der Waals surface area contributed by atoms with Crippen LogP contribution in [0.4, 0.5) is 13.2 Å². The predicted octanol–water partition coefficient (Wildman–Crippen LogP) is 3.56. The van der Waals surface area contributed by atoms with Crippen LogP contribution in [0.5, 0.6) is 0 Å². The summed E-state index contributed by atoms with van der Waals surface area (Å²) in [6, 6.07) is 4.49. The molecule has 0 radical (unpaired) electrons. The number of halogens is 3. The fourth-order valence-corrected chi connectivity index (χ4v) is 2.03. The maximum atomic E-state index is 13.0. The van der Waals surface area contributed by atoms with Crippen LogP contribution in [-0.4, -0.2) is 19.6 Å². The molecule has 0 spiro atoms. The smallest absolute Gasteiger partial charge is 0.384 e. The topological polar surface area (TPSA) is 38.3 Å². The molecule has 0 aromatic heterocycles. The maximum Gasteiger partial charge on any atom is 0.416 e. The first-order chi connectivity index (χ1) is 9.59. The van der Waals surface area contributed by atoms with Gasteiger partial charge in [-0.3, -0.25) is 4.79 Å². The molecule has 0 unspecified atom stereocenters. The molecule has 0 aliphatic heterocycles. The molecule has 1 atom stereocenters. The summed E-state index contributed by atoms with van der Waals surface area (Å²) in [5, 5.41) is 2.61. The van der Waals surface area contributed by atoms with Crippen molar-refractivity contribution in [2.75, 3.05) is 13.7 Å². The highest BCUT2D eigenvalue weighted by atomic mass is 19.4. The zero-order valence-electron chi connectivity index (χ0n) is 12.5. The molecule has 0 saturated carbocycles. The summed E-state index contributed by atoms with van der Waals surface area (Å²) >= 11 is 0. The lowest BCUT2D eigenvalue weighted by Gasteiger charge is -2.26. The number of hydrogen-bond acceptors (Lipinski definition) is 2. The first kappa shape index (κ1) is 17.5. The van der Waals surface area contributed by atoms with Crippen molar-refractivity contribution >= 4 is 5.91 Å². The van der Waals surface area contributed by atoms with E-state index < -0.39 is 23.2 Å². The summed E-state index contributed by atoms with van der Waals surface area (Å²) in [4.78, 5) is 12.1. The number of alkyl halides is 3. The van der Waals surface area contributed by atoms with Gasteiger partial charge >= 0.3 is 6.18 Å². The fraction of sp³-hybridized carbons (Fsp3) is 0.533. The zero-order chi connectivity index (χ0) is 16.3. The molecule has 1 N–H and O–H groups in total. The molecule has 0 heterocycles. The summed E-state index contributed by atoms with van der Waals surface area (Å²) < 4.78 is 43.9. The van der Waals surface area contributed by atoms with E-state index in [1.54, 1.807) is 13.8 Å². The third-order valence-electron chi connectivity index (χ3n) is 3.20. The van der Waals surface area contributed by atoms with Crippen LogP contribution in [0.25, 0.3) is 0 Å². The van der Waals surface area contributed by atoms with Gasteiger partial charge in [0.2, 0.25) is 5.91 Å². The van der Waals surface area contributed by atoms with Crippen LogP contribution in [0, 0.1) is 5.41 Å². The van der Waals surface area contributed by atoms with Crippen molar-refractivity contribution < 1.29 is 22.7 Å². The monoisotopic (exact) mass is 303 g/mol. The second-order valence-electron chi connectivity index (χ2n) is 5.60. The van der Waals surface area contributed by atoms with Gasteiger partial charge in [0.1, 0.15) is 0 Å². The Morgan fingerprint density at radius 2 is 1.86 bits per heavy atom. The van der Waals surface area contributed by atoms with E-state index in [-0.39, 0.29) is 18.1 Å². The lowest BCUT2D eigenvalue weighted by molar-refractivity contribution is -0.139. The number of benzene rings is 1. The highest BCUT2D eigenvalue weighted by Gasteiger charge is 2.35. The average molecular weight is 303 g/mol. The number of carbonyl (C=O) groups is 1. The number of nitrogens with one attached hydrogen (secondary N) is 1. The van der Waals surface area contributed by atoms with E-state index in [1.165, 1.54) is 32.2 Å². The Morgan fingerprint density at radius 3 is 2.38 bits per heavy atom. The highest BCUT2D eigenvalue weighted by Crippen LogP contribution is 2.34. The van der Waals surface area contributed by atoms with Crippen LogP contribution in [-0.2, 0) is 15.7 Å². The number of ether oxygens (including phenoxy) is 1. The van der Waals surface area contributed by atoms with Crippen molar-refractivity contribution in [1.29, 1.82) is 0 Å². The van der Waals surface area contributed by atoms with Gasteiger partial charge in [0.15, 0.2) is 0 Å². The van der Waals surface area contributed by atoms with Crippen molar-refractivity contribution in [2.45, 2.75) is 33.0 Å². The Kier molecular flexibility index (Phi) is 5.39. The molecular formula is C15H20F3NO2. The van der Waals surface area contributed by atoms with Crippen LogP contribution in [0.2, 0.25) is 0 Å². The van der Waals surface area contributed by atoms with E-state index in [1.807, 2.05) is 0 Å². The first-order valence-corrected chi connectivity index (χ1v) is 6.55. The van der Waals surface area contributed by atoms with Crippen molar-refractivity contribution in [3.05, 3.63) is 35.4 Å². The quantitative estimate of drug-likeness (QED) is 0.903. The fourth-order valence-electron chi connectivity index (χ4n) is 2.03. The Hall–Kier alpha value is -1.56. The summed E-state index contributed by atoms with van der Waals surface area (Å²) in [5.41, 5.74) is -1.50. The van der Waals surface area contributed by atoms with Gasteiger partial charge in [0.25, 0.3) is 0 Å². The molecule has 0 aliphatic carbocycles. The van der Waals surface area contributed by atoms with Gasteiger partial charge in [0, 0.05) is 7.11 Å². The summed E-state index contributed by atoms with van der Waals surface area (Å²) in [5.74, 6) is -0.353. The van der Waals surface area contributed by atoms with Gasteiger partial charge in [-0.1, -0.05) is 18.2 Å². The molecule has 1 rings (SSSR count). The number of carbonyl (C=O) groups excluding carboxylic acids is 1. The SMILES string of the molecule is COCC(C)(C)C(=O)N[C@H](C)c1ccccc1C(F)(F)F. The van der Waals surface area contributed by atoms with Crippen molar-refractivity contribution in [2.24, 2.45) is 5.41 Å². The third kappa shape index (κ3) is 4.46. The molecule has 0 fully saturated rings. The number of hydrogen-bond donors (Lipinski definition) is 1. The molecule has 1 aromatic rings. The standard InChI is InChI=1S/C15H20F3NO2/c1-10(19-13(20)14(2,3)9-21-4)11-7-5-6-8-12(11)15(16,17)18/h5-8,10H,9H2,1-4H3,(H,19,20)/t10-/m1/s1. The van der Waals surface area contributed by atoms with Gasteiger partial charge in [0.05, 0.1) is 23.6 Å². The summed E-state index contributed by atoms with van der Waals surface area (Å²) in [6.07, 6.45) is -4.45. The number of methoxy groups -OCH3 is 1. The van der Waals surface area contributed by atoms with E-state index in [4.69, 9.17) is 4.74 Å². The van der Waals surface area contributed by atoms with Gasteiger partial charge in [-0.2, -0.15) is 13.2 Å². The Morgan fingerprint density at radius 1 is 1.29 bits per heavy atom. The maximum absolute atomic E-state index is 13.0. The van der Waals surface area contributed by atoms with Gasteiger partial charge in [-0.15, -0.1) is 0 Å². The van der Waals surface area contributed by atoms with Gasteiger partial charge < -0.3 is 10.1 Å². The van der Waals surface area contributed by atoms with Crippen LogP contribution < -0.4 is 5.32 Å². The average Bonchev–Trinajstić information content (AvgIpc) is 2.37. The molecule has 6 heteroatoms. The lowest BCUT2D eigenvalue weighted by Crippen LogP contribution is -2.41. The van der Waals surface area contributed by atoms with Gasteiger partial charge in [-0.25, -0.2) is 0 Å². The number of rotatable bonds is 5. The lowest BCUT2D eigenvalue weighted by atomic mass is 9.92. The van der Waals surface area contributed by atoms with Crippen LogP contribution in [0.1, 0.15) is 37.9 Å². The van der Waals surface area contributed by atoms with Crippen molar-refractivity contribution in [1.82, 2.24) is 5.32 Å². The van der Waals surface area contributed by atoms with Crippen LogP contribution in [0.3, 0.4) is 0 Å². The second-order valence-corrected chi connectivity index (χ2v) is 5.60. The zero-order valence-corrected chi connectivity index (χ0v) is 12.5. The molecule has 0 bridgehead atoms. The molecule has 1 aromatic carbocycles. The van der Waals surface area contributed by atoms with Crippen molar-refractivity contribution in [3.8, 4) is 0 Å². The number of amides is 1. The Balaban J connectivity index is 2.96. The van der Waals surface area contributed by atoms with Crippen LogP contribution in [0.15, 0.2) is 24.3 Å². The molecule has 0 saturated heterocycles. The normalized spacial score (nSPS) is 13.9. The minimum Gasteiger partial charge on any atom is -0.384 e. The largest absolute Gasteiger partial charge is 0.416 e.